The zero-order chi connectivity index (χ0) is 13.1. The van der Waals surface area contributed by atoms with Gasteiger partial charge in [-0.25, -0.2) is 0 Å². The fraction of sp³-hybridized carbons (Fsp3) is 0.0769. The van der Waals surface area contributed by atoms with Crippen LogP contribution in [0.15, 0.2) is 46.3 Å². The predicted octanol–water partition coefficient (Wildman–Crippen LogP) is 2.96. The van der Waals surface area contributed by atoms with Crippen LogP contribution in [0.1, 0.15) is 5.89 Å². The van der Waals surface area contributed by atoms with Crippen LogP contribution in [0.3, 0.4) is 0 Å². The average molecular weight is 273 g/mol. The standard InChI is InChI=1S/C13H11N3O2S/c14-9-3-1-4-10(7-9)17-8-12-15-13(16-18-12)11-5-2-6-19-11/h1-7H,8,14H2. The fourth-order valence-electron chi connectivity index (χ4n) is 1.57. The summed E-state index contributed by atoms with van der Waals surface area (Å²) >= 11 is 1.56. The molecule has 0 saturated carbocycles. The second kappa shape index (κ2) is 5.11. The summed E-state index contributed by atoms with van der Waals surface area (Å²) < 4.78 is 10.7. The Hall–Kier alpha value is -2.34. The molecule has 0 spiro atoms. The second-order valence-corrected chi connectivity index (χ2v) is 4.80. The molecule has 0 radical (unpaired) electrons. The number of aromatic nitrogens is 2. The van der Waals surface area contributed by atoms with Gasteiger partial charge in [-0.3, -0.25) is 0 Å². The van der Waals surface area contributed by atoms with Gasteiger partial charge in [-0.1, -0.05) is 17.3 Å². The van der Waals surface area contributed by atoms with E-state index in [1.807, 2.05) is 29.6 Å². The van der Waals surface area contributed by atoms with Crippen molar-refractivity contribution in [3.8, 4) is 16.5 Å². The molecular formula is C13H11N3O2S. The average Bonchev–Trinajstić information content (AvgIpc) is 3.07. The van der Waals surface area contributed by atoms with Crippen molar-refractivity contribution < 1.29 is 9.26 Å². The zero-order valence-corrected chi connectivity index (χ0v) is 10.8. The van der Waals surface area contributed by atoms with Gasteiger partial charge in [-0.05, 0) is 23.6 Å². The van der Waals surface area contributed by atoms with Crippen molar-refractivity contribution in [1.82, 2.24) is 10.1 Å². The van der Waals surface area contributed by atoms with E-state index in [4.69, 9.17) is 15.0 Å². The SMILES string of the molecule is Nc1cccc(OCc2nc(-c3cccs3)no2)c1. The summed E-state index contributed by atoms with van der Waals surface area (Å²) in [4.78, 5) is 5.24. The van der Waals surface area contributed by atoms with Crippen LogP contribution in [0.25, 0.3) is 10.7 Å². The molecule has 0 aliphatic rings. The highest BCUT2D eigenvalue weighted by atomic mass is 32.1. The van der Waals surface area contributed by atoms with Crippen LogP contribution in [0.5, 0.6) is 5.75 Å². The first kappa shape index (κ1) is 11.7. The summed E-state index contributed by atoms with van der Waals surface area (Å²) in [5.41, 5.74) is 6.32. The molecule has 0 aliphatic carbocycles. The molecular weight excluding hydrogens is 262 g/mol. The van der Waals surface area contributed by atoms with Crippen molar-refractivity contribution in [2.75, 3.05) is 5.73 Å². The summed E-state index contributed by atoms with van der Waals surface area (Å²) in [5.74, 6) is 1.70. The van der Waals surface area contributed by atoms with Crippen molar-refractivity contribution in [2.45, 2.75) is 6.61 Å². The van der Waals surface area contributed by atoms with Crippen LogP contribution in [-0.2, 0) is 6.61 Å². The molecule has 0 unspecified atom stereocenters. The van der Waals surface area contributed by atoms with E-state index in [2.05, 4.69) is 10.1 Å². The number of rotatable bonds is 4. The van der Waals surface area contributed by atoms with Gasteiger partial charge in [0.15, 0.2) is 6.61 Å². The van der Waals surface area contributed by atoms with E-state index in [1.165, 1.54) is 0 Å². The lowest BCUT2D eigenvalue weighted by atomic mass is 10.3. The largest absolute Gasteiger partial charge is 0.484 e. The van der Waals surface area contributed by atoms with Gasteiger partial charge >= 0.3 is 0 Å². The monoisotopic (exact) mass is 273 g/mol. The van der Waals surface area contributed by atoms with Gasteiger partial charge in [0.05, 0.1) is 4.88 Å². The quantitative estimate of drug-likeness (QED) is 0.740. The van der Waals surface area contributed by atoms with E-state index >= 15 is 0 Å². The third-order valence-electron chi connectivity index (χ3n) is 2.43. The number of benzene rings is 1. The van der Waals surface area contributed by atoms with Crippen LogP contribution in [0.2, 0.25) is 0 Å². The van der Waals surface area contributed by atoms with Crippen LogP contribution in [0.4, 0.5) is 5.69 Å². The smallest absolute Gasteiger partial charge is 0.264 e. The summed E-state index contributed by atoms with van der Waals surface area (Å²) in [7, 11) is 0. The van der Waals surface area contributed by atoms with Crippen LogP contribution < -0.4 is 10.5 Å². The van der Waals surface area contributed by atoms with Gasteiger partial charge in [0.2, 0.25) is 5.82 Å². The van der Waals surface area contributed by atoms with Crippen molar-refractivity contribution in [3.63, 3.8) is 0 Å². The first-order chi connectivity index (χ1) is 9.31. The number of hydrogen-bond donors (Lipinski definition) is 1. The normalized spacial score (nSPS) is 10.5. The van der Waals surface area contributed by atoms with Crippen LogP contribution >= 0.6 is 11.3 Å². The topological polar surface area (TPSA) is 74.2 Å². The number of thiophene rings is 1. The first-order valence-corrected chi connectivity index (χ1v) is 6.54. The first-order valence-electron chi connectivity index (χ1n) is 5.66. The van der Waals surface area contributed by atoms with Gasteiger partial charge in [-0.2, -0.15) is 4.98 Å². The number of nitrogens with zero attached hydrogens (tertiary/aromatic N) is 2. The summed E-state index contributed by atoms with van der Waals surface area (Å²) in [6, 6.07) is 11.1. The van der Waals surface area contributed by atoms with Crippen molar-refractivity contribution in [1.29, 1.82) is 0 Å². The molecule has 0 bridgehead atoms. The number of anilines is 1. The molecule has 19 heavy (non-hydrogen) atoms. The maximum Gasteiger partial charge on any atom is 0.264 e. The Kier molecular flexibility index (Phi) is 3.16. The van der Waals surface area contributed by atoms with Crippen LogP contribution in [0, 0.1) is 0 Å². The Morgan fingerprint density at radius 2 is 2.21 bits per heavy atom. The van der Waals surface area contributed by atoms with Crippen molar-refractivity contribution >= 4 is 17.0 Å². The molecule has 0 amide bonds. The minimum absolute atomic E-state index is 0.224. The number of nitrogens with two attached hydrogens (primary N) is 1. The molecule has 1 aromatic carbocycles. The third-order valence-corrected chi connectivity index (χ3v) is 3.30. The number of ether oxygens (including phenoxy) is 1. The van der Waals surface area contributed by atoms with E-state index in [0.29, 0.717) is 23.2 Å². The fourth-order valence-corrected chi connectivity index (χ4v) is 2.22. The van der Waals surface area contributed by atoms with Gasteiger partial charge in [-0.15, -0.1) is 11.3 Å². The maximum absolute atomic E-state index is 5.67. The molecule has 2 N–H and O–H groups in total. The van der Waals surface area contributed by atoms with Gasteiger partial charge in [0.25, 0.3) is 5.89 Å². The Morgan fingerprint density at radius 1 is 1.26 bits per heavy atom. The van der Waals surface area contributed by atoms with Gasteiger partial charge < -0.3 is 15.0 Å². The van der Waals surface area contributed by atoms with E-state index in [9.17, 15) is 0 Å². The van der Waals surface area contributed by atoms with Gasteiger partial charge in [0, 0.05) is 11.8 Å². The lowest BCUT2D eigenvalue weighted by Crippen LogP contribution is -1.96. The maximum atomic E-state index is 5.67. The molecule has 2 aromatic heterocycles. The third kappa shape index (κ3) is 2.74. The summed E-state index contributed by atoms with van der Waals surface area (Å²) in [6.07, 6.45) is 0. The zero-order valence-electron chi connectivity index (χ0n) is 9.95. The molecule has 0 atom stereocenters. The number of nitrogen functional groups attached to an aromatic ring is 1. The molecule has 6 heteroatoms. The van der Waals surface area contributed by atoms with Gasteiger partial charge in [0.1, 0.15) is 5.75 Å². The predicted molar refractivity (Wildman–Crippen MR) is 72.8 cm³/mol. The molecule has 3 aromatic rings. The molecule has 5 nitrogen and oxygen atoms in total. The molecule has 0 saturated heterocycles. The Morgan fingerprint density at radius 3 is 3.00 bits per heavy atom. The second-order valence-electron chi connectivity index (χ2n) is 3.85. The minimum atomic E-state index is 0.224. The molecule has 3 rings (SSSR count). The van der Waals surface area contributed by atoms with E-state index in [0.717, 1.165) is 4.88 Å². The highest BCUT2D eigenvalue weighted by Gasteiger charge is 2.09. The highest BCUT2D eigenvalue weighted by molar-refractivity contribution is 7.13. The number of hydrogen-bond acceptors (Lipinski definition) is 6. The van der Waals surface area contributed by atoms with E-state index in [1.54, 1.807) is 23.5 Å². The Balaban J connectivity index is 1.68. The minimum Gasteiger partial charge on any atom is -0.484 e. The molecule has 0 aliphatic heterocycles. The summed E-state index contributed by atoms with van der Waals surface area (Å²) in [5, 5.41) is 5.87. The van der Waals surface area contributed by atoms with Crippen LogP contribution in [-0.4, -0.2) is 10.1 Å². The molecule has 0 fully saturated rings. The highest BCUT2D eigenvalue weighted by Crippen LogP contribution is 2.22. The van der Waals surface area contributed by atoms with Crippen molar-refractivity contribution in [2.24, 2.45) is 0 Å². The molecule has 96 valence electrons. The van der Waals surface area contributed by atoms with E-state index in [-0.39, 0.29) is 6.61 Å². The molecule has 2 heterocycles. The summed E-state index contributed by atoms with van der Waals surface area (Å²) in [6.45, 7) is 0.224. The Labute approximate surface area is 113 Å². The van der Waals surface area contributed by atoms with Crippen molar-refractivity contribution in [3.05, 3.63) is 47.7 Å². The lowest BCUT2D eigenvalue weighted by Gasteiger charge is -2.02. The van der Waals surface area contributed by atoms with E-state index < -0.39 is 0 Å². The lowest BCUT2D eigenvalue weighted by molar-refractivity contribution is 0.243. The Bertz CT molecular complexity index is 664.